The fourth-order valence-corrected chi connectivity index (χ4v) is 1.90. The molecule has 0 radical (unpaired) electrons. The molecule has 2 aromatic heterocycles. The number of fused-ring (bicyclic) bond motifs is 1. The zero-order chi connectivity index (χ0) is 13.2. The summed E-state index contributed by atoms with van der Waals surface area (Å²) in [5.74, 6) is 1.74. The van der Waals surface area contributed by atoms with Crippen LogP contribution < -0.4 is 4.74 Å². The molecule has 2 heterocycles. The number of aromatic nitrogens is 3. The van der Waals surface area contributed by atoms with Gasteiger partial charge >= 0.3 is 0 Å². The van der Waals surface area contributed by atoms with E-state index in [0.717, 1.165) is 22.8 Å². The van der Waals surface area contributed by atoms with Crippen LogP contribution in [0.2, 0.25) is 0 Å². The second kappa shape index (κ2) is 4.61. The van der Waals surface area contributed by atoms with E-state index in [9.17, 15) is 5.11 Å². The van der Waals surface area contributed by atoms with Gasteiger partial charge in [-0.3, -0.25) is 0 Å². The quantitative estimate of drug-likeness (QED) is 0.778. The highest BCUT2D eigenvalue weighted by Crippen LogP contribution is 2.14. The Morgan fingerprint density at radius 2 is 1.95 bits per heavy atom. The van der Waals surface area contributed by atoms with Gasteiger partial charge in [-0.05, 0) is 29.8 Å². The van der Waals surface area contributed by atoms with Crippen molar-refractivity contribution in [1.82, 2.24) is 14.6 Å². The number of benzene rings is 1. The Morgan fingerprint density at radius 1 is 1.16 bits per heavy atom. The summed E-state index contributed by atoms with van der Waals surface area (Å²) >= 11 is 0. The molecule has 1 aromatic carbocycles. The van der Waals surface area contributed by atoms with Crippen molar-refractivity contribution in [1.29, 1.82) is 0 Å². The molecule has 3 aromatic rings. The molecule has 0 saturated carbocycles. The second-order valence-electron chi connectivity index (χ2n) is 4.24. The van der Waals surface area contributed by atoms with E-state index in [2.05, 4.69) is 10.1 Å². The van der Waals surface area contributed by atoms with Gasteiger partial charge in [0.15, 0.2) is 11.5 Å². The number of hydrogen-bond acceptors (Lipinski definition) is 4. The average Bonchev–Trinajstić information content (AvgIpc) is 2.82. The number of phenols is 1. The molecule has 96 valence electrons. The van der Waals surface area contributed by atoms with Gasteiger partial charge < -0.3 is 9.84 Å². The number of pyridine rings is 1. The van der Waals surface area contributed by atoms with Crippen LogP contribution in [0.3, 0.4) is 0 Å². The van der Waals surface area contributed by atoms with Crippen molar-refractivity contribution in [2.24, 2.45) is 0 Å². The molecule has 0 atom stereocenters. The highest BCUT2D eigenvalue weighted by atomic mass is 16.5. The zero-order valence-corrected chi connectivity index (χ0v) is 10.4. The number of ether oxygens (including phenoxy) is 1. The van der Waals surface area contributed by atoms with E-state index in [-0.39, 0.29) is 5.75 Å². The minimum atomic E-state index is 0.261. The molecule has 0 aliphatic rings. The van der Waals surface area contributed by atoms with Crippen molar-refractivity contribution in [2.75, 3.05) is 7.11 Å². The summed E-state index contributed by atoms with van der Waals surface area (Å²) in [5.41, 5.74) is 1.84. The highest BCUT2D eigenvalue weighted by molar-refractivity contribution is 5.41. The van der Waals surface area contributed by atoms with E-state index in [0.29, 0.717) is 6.42 Å². The van der Waals surface area contributed by atoms with Crippen molar-refractivity contribution < 1.29 is 9.84 Å². The van der Waals surface area contributed by atoms with Crippen LogP contribution in [-0.4, -0.2) is 26.8 Å². The summed E-state index contributed by atoms with van der Waals surface area (Å²) in [6, 6.07) is 10.8. The maximum atomic E-state index is 9.25. The third kappa shape index (κ3) is 2.35. The second-order valence-corrected chi connectivity index (χ2v) is 4.24. The molecule has 0 aliphatic heterocycles. The van der Waals surface area contributed by atoms with Crippen molar-refractivity contribution in [2.45, 2.75) is 6.42 Å². The van der Waals surface area contributed by atoms with E-state index in [4.69, 9.17) is 4.74 Å². The molecule has 0 spiro atoms. The Bertz CT molecular complexity index is 704. The normalized spacial score (nSPS) is 10.8. The lowest BCUT2D eigenvalue weighted by Crippen LogP contribution is -1.92. The van der Waals surface area contributed by atoms with Gasteiger partial charge in [-0.2, -0.15) is 5.10 Å². The molecule has 5 nitrogen and oxygen atoms in total. The molecule has 0 aliphatic carbocycles. The molecule has 0 unspecified atom stereocenters. The molecule has 19 heavy (non-hydrogen) atoms. The topological polar surface area (TPSA) is 59.7 Å². The number of aromatic hydroxyl groups is 1. The lowest BCUT2D eigenvalue weighted by Gasteiger charge is -1.98. The minimum Gasteiger partial charge on any atom is -0.508 e. The van der Waals surface area contributed by atoms with Crippen LogP contribution in [0, 0.1) is 0 Å². The first-order valence-corrected chi connectivity index (χ1v) is 5.92. The first-order chi connectivity index (χ1) is 9.24. The molecule has 0 fully saturated rings. The molecule has 1 N–H and O–H groups in total. The van der Waals surface area contributed by atoms with Crippen LogP contribution in [0.15, 0.2) is 42.6 Å². The average molecular weight is 255 g/mol. The molecule has 3 rings (SSSR count). The Balaban J connectivity index is 1.90. The van der Waals surface area contributed by atoms with Gasteiger partial charge in [0.2, 0.25) is 0 Å². The Hall–Kier alpha value is -2.56. The minimum absolute atomic E-state index is 0.261. The number of hydrogen-bond donors (Lipinski definition) is 1. The first kappa shape index (κ1) is 11.5. The molecular formula is C14H13N3O2. The number of nitrogens with zero attached hydrogens (tertiary/aromatic N) is 3. The standard InChI is InChI=1S/C14H13N3O2/c1-19-12-6-7-14-15-13(16-17(14)9-12)8-10-2-4-11(18)5-3-10/h2-7,9,18H,8H2,1H3. The summed E-state index contributed by atoms with van der Waals surface area (Å²) in [6.45, 7) is 0. The Morgan fingerprint density at radius 3 is 2.68 bits per heavy atom. The number of methoxy groups -OCH3 is 1. The van der Waals surface area contributed by atoms with Crippen LogP contribution in [0.4, 0.5) is 0 Å². The number of rotatable bonds is 3. The smallest absolute Gasteiger partial charge is 0.156 e. The maximum Gasteiger partial charge on any atom is 0.156 e. The largest absolute Gasteiger partial charge is 0.508 e. The monoisotopic (exact) mass is 255 g/mol. The van der Waals surface area contributed by atoms with Crippen LogP contribution in [-0.2, 0) is 6.42 Å². The first-order valence-electron chi connectivity index (χ1n) is 5.92. The Kier molecular flexibility index (Phi) is 2.79. The Labute approximate surface area is 110 Å². The van der Waals surface area contributed by atoms with Gasteiger partial charge in [0.25, 0.3) is 0 Å². The third-order valence-electron chi connectivity index (χ3n) is 2.88. The lowest BCUT2D eigenvalue weighted by molar-refractivity contribution is 0.411. The summed E-state index contributed by atoms with van der Waals surface area (Å²) in [4.78, 5) is 4.44. The van der Waals surface area contributed by atoms with Gasteiger partial charge in [0, 0.05) is 6.42 Å². The SMILES string of the molecule is COc1ccc2nc(Cc3ccc(O)cc3)nn2c1. The predicted molar refractivity (Wildman–Crippen MR) is 70.5 cm³/mol. The highest BCUT2D eigenvalue weighted by Gasteiger charge is 2.05. The fraction of sp³-hybridized carbons (Fsp3) is 0.143. The third-order valence-corrected chi connectivity index (χ3v) is 2.88. The van der Waals surface area contributed by atoms with E-state index < -0.39 is 0 Å². The van der Waals surface area contributed by atoms with E-state index in [1.807, 2.05) is 24.3 Å². The van der Waals surface area contributed by atoms with E-state index >= 15 is 0 Å². The molecule has 0 saturated heterocycles. The lowest BCUT2D eigenvalue weighted by atomic mass is 10.1. The van der Waals surface area contributed by atoms with E-state index in [1.165, 1.54) is 0 Å². The summed E-state index contributed by atoms with van der Waals surface area (Å²) in [7, 11) is 1.62. The fourth-order valence-electron chi connectivity index (χ4n) is 1.90. The molecule has 0 bridgehead atoms. The molecular weight excluding hydrogens is 242 g/mol. The van der Waals surface area contributed by atoms with Gasteiger partial charge in [-0.1, -0.05) is 12.1 Å². The van der Waals surface area contributed by atoms with Crippen LogP contribution in [0.1, 0.15) is 11.4 Å². The summed E-state index contributed by atoms with van der Waals surface area (Å²) in [6.07, 6.45) is 2.42. The van der Waals surface area contributed by atoms with Gasteiger partial charge in [-0.25, -0.2) is 9.50 Å². The van der Waals surface area contributed by atoms with Crippen molar-refractivity contribution in [3.05, 3.63) is 54.0 Å². The van der Waals surface area contributed by atoms with Crippen LogP contribution >= 0.6 is 0 Å². The molecule has 5 heteroatoms. The van der Waals surface area contributed by atoms with Gasteiger partial charge in [0.05, 0.1) is 13.3 Å². The van der Waals surface area contributed by atoms with E-state index in [1.54, 1.807) is 30.0 Å². The zero-order valence-electron chi connectivity index (χ0n) is 10.4. The van der Waals surface area contributed by atoms with Gasteiger partial charge in [0.1, 0.15) is 11.5 Å². The van der Waals surface area contributed by atoms with Crippen LogP contribution in [0.5, 0.6) is 11.5 Å². The van der Waals surface area contributed by atoms with Crippen molar-refractivity contribution in [3.8, 4) is 11.5 Å². The predicted octanol–water partition coefficient (Wildman–Crippen LogP) is 2.03. The van der Waals surface area contributed by atoms with Crippen molar-refractivity contribution in [3.63, 3.8) is 0 Å². The molecule has 0 amide bonds. The number of phenolic OH excluding ortho intramolecular Hbond substituents is 1. The van der Waals surface area contributed by atoms with Gasteiger partial charge in [-0.15, -0.1) is 0 Å². The van der Waals surface area contributed by atoms with Crippen molar-refractivity contribution >= 4 is 5.65 Å². The maximum absolute atomic E-state index is 9.25. The summed E-state index contributed by atoms with van der Waals surface area (Å²) in [5, 5.41) is 13.6. The van der Waals surface area contributed by atoms with Crippen LogP contribution in [0.25, 0.3) is 5.65 Å². The summed E-state index contributed by atoms with van der Waals surface area (Å²) < 4.78 is 6.85.